The van der Waals surface area contributed by atoms with Crippen LogP contribution in [-0.2, 0) is 32.6 Å². The first-order chi connectivity index (χ1) is 14.9. The van der Waals surface area contributed by atoms with E-state index in [9.17, 15) is 23.1 Å². The van der Waals surface area contributed by atoms with Gasteiger partial charge in [0.15, 0.2) is 0 Å². The lowest BCUT2D eigenvalue weighted by molar-refractivity contribution is -0.146. The predicted octanol–water partition coefficient (Wildman–Crippen LogP) is 3.04. The minimum atomic E-state index is -3.66. The molecule has 1 aliphatic heterocycles. The van der Waals surface area contributed by atoms with Gasteiger partial charge in [-0.15, -0.1) is 0 Å². The molecule has 7 nitrogen and oxygen atoms in total. The summed E-state index contributed by atoms with van der Waals surface area (Å²) < 4.78 is 27.6. The number of sulfonamides is 1. The summed E-state index contributed by atoms with van der Waals surface area (Å²) in [4.78, 5) is 24.2. The van der Waals surface area contributed by atoms with Crippen molar-refractivity contribution in [3.63, 3.8) is 0 Å². The number of nitrogens with zero attached hydrogens (tertiary/aromatic N) is 1. The Bertz CT molecular complexity index is 1120. The minimum Gasteiger partial charge on any atom is -0.481 e. The fourth-order valence-electron chi connectivity index (χ4n) is 4.15. The Labute approximate surface area is 181 Å². The van der Waals surface area contributed by atoms with Gasteiger partial charge in [-0.1, -0.05) is 36.4 Å². The van der Waals surface area contributed by atoms with Gasteiger partial charge in [0.05, 0.1) is 16.7 Å². The summed E-state index contributed by atoms with van der Waals surface area (Å²) in [5.74, 6) is -2.78. The molecule has 1 amide bonds. The maximum atomic E-state index is 13.1. The third-order valence-corrected chi connectivity index (χ3v) is 7.80. The molecule has 1 aliphatic carbocycles. The van der Waals surface area contributed by atoms with Gasteiger partial charge < -0.3 is 10.4 Å². The summed E-state index contributed by atoms with van der Waals surface area (Å²) in [5, 5.41) is 12.1. The topological polar surface area (TPSA) is 104 Å². The van der Waals surface area contributed by atoms with E-state index in [1.807, 2.05) is 30.3 Å². The van der Waals surface area contributed by atoms with E-state index in [4.69, 9.17) is 0 Å². The number of benzene rings is 2. The summed E-state index contributed by atoms with van der Waals surface area (Å²) in [7, 11) is -3.66. The van der Waals surface area contributed by atoms with Crippen LogP contribution >= 0.6 is 0 Å². The Morgan fingerprint density at radius 1 is 0.935 bits per heavy atom. The van der Waals surface area contributed by atoms with E-state index in [2.05, 4.69) is 5.32 Å². The molecule has 0 saturated carbocycles. The van der Waals surface area contributed by atoms with Gasteiger partial charge in [-0.25, -0.2) is 8.42 Å². The standard InChI is InChI=1S/C23H24N2O5S/c26-22(20-7-3-4-8-21(20)23(27)28)24-18-9-11-19(12-10-18)31(29,30)25-14-13-16-5-1-2-6-17(16)15-25/h1-6,9-12,20-21H,7-8,13-15H2,(H,24,26)(H,27,28)/t20-,21-/m0/s1. The van der Waals surface area contributed by atoms with Crippen LogP contribution in [0.1, 0.15) is 24.0 Å². The van der Waals surface area contributed by atoms with E-state index < -0.39 is 27.8 Å². The van der Waals surface area contributed by atoms with E-state index in [1.54, 1.807) is 6.08 Å². The number of allylic oxidation sites excluding steroid dienone is 2. The van der Waals surface area contributed by atoms with E-state index in [1.165, 1.54) is 34.1 Å². The van der Waals surface area contributed by atoms with Gasteiger partial charge in [-0.05, 0) is 54.7 Å². The zero-order chi connectivity index (χ0) is 22.0. The number of hydrogen-bond donors (Lipinski definition) is 2. The molecule has 0 spiro atoms. The Hall–Kier alpha value is -2.97. The van der Waals surface area contributed by atoms with Crippen LogP contribution in [0.2, 0.25) is 0 Å². The lowest BCUT2D eigenvalue weighted by Crippen LogP contribution is -2.36. The number of nitrogens with one attached hydrogen (secondary N) is 1. The zero-order valence-electron chi connectivity index (χ0n) is 16.9. The number of hydrogen-bond acceptors (Lipinski definition) is 4. The number of carboxylic acid groups (broad SMARTS) is 1. The lowest BCUT2D eigenvalue weighted by Gasteiger charge is -2.28. The van der Waals surface area contributed by atoms with Crippen LogP contribution in [0, 0.1) is 11.8 Å². The third-order valence-electron chi connectivity index (χ3n) is 5.94. The molecule has 2 atom stereocenters. The van der Waals surface area contributed by atoms with Gasteiger partial charge in [-0.3, -0.25) is 9.59 Å². The lowest BCUT2D eigenvalue weighted by atomic mass is 9.82. The minimum absolute atomic E-state index is 0.161. The molecule has 162 valence electrons. The van der Waals surface area contributed by atoms with Gasteiger partial charge in [0.25, 0.3) is 0 Å². The first-order valence-corrected chi connectivity index (χ1v) is 11.7. The highest BCUT2D eigenvalue weighted by Crippen LogP contribution is 2.28. The number of carbonyl (C=O) groups excluding carboxylic acids is 1. The predicted molar refractivity (Wildman–Crippen MR) is 116 cm³/mol. The van der Waals surface area contributed by atoms with E-state index in [-0.39, 0.29) is 10.8 Å². The van der Waals surface area contributed by atoms with E-state index in [0.717, 1.165) is 5.56 Å². The Morgan fingerprint density at radius 2 is 1.58 bits per heavy atom. The maximum Gasteiger partial charge on any atom is 0.307 e. The average Bonchev–Trinajstić information content (AvgIpc) is 2.79. The quantitative estimate of drug-likeness (QED) is 0.696. The van der Waals surface area contributed by atoms with Crippen molar-refractivity contribution in [2.75, 3.05) is 11.9 Å². The van der Waals surface area contributed by atoms with Crippen molar-refractivity contribution in [2.45, 2.75) is 30.7 Å². The summed E-state index contributed by atoms with van der Waals surface area (Å²) in [5.41, 5.74) is 2.62. The van der Waals surface area contributed by atoms with Gasteiger partial charge in [0.2, 0.25) is 15.9 Å². The zero-order valence-corrected chi connectivity index (χ0v) is 17.7. The molecule has 0 saturated heterocycles. The fraction of sp³-hybridized carbons (Fsp3) is 0.304. The van der Waals surface area contributed by atoms with E-state index >= 15 is 0 Å². The van der Waals surface area contributed by atoms with Crippen LogP contribution in [0.4, 0.5) is 5.69 Å². The van der Waals surface area contributed by atoms with Crippen LogP contribution in [0.3, 0.4) is 0 Å². The highest BCUT2D eigenvalue weighted by atomic mass is 32.2. The van der Waals surface area contributed by atoms with Gasteiger partial charge in [0, 0.05) is 18.8 Å². The second-order valence-electron chi connectivity index (χ2n) is 7.86. The Kier molecular flexibility index (Phi) is 5.93. The van der Waals surface area contributed by atoms with Crippen molar-refractivity contribution in [3.8, 4) is 0 Å². The van der Waals surface area contributed by atoms with Crippen molar-refractivity contribution in [3.05, 3.63) is 71.8 Å². The van der Waals surface area contributed by atoms with Crippen LogP contribution in [0.5, 0.6) is 0 Å². The normalized spacial score (nSPS) is 21.3. The number of rotatable bonds is 5. The third kappa shape index (κ3) is 4.40. The molecular formula is C23H24N2O5S. The first kappa shape index (κ1) is 21.3. The second-order valence-corrected chi connectivity index (χ2v) is 9.80. The van der Waals surface area contributed by atoms with Gasteiger partial charge >= 0.3 is 5.97 Å². The largest absolute Gasteiger partial charge is 0.481 e. The van der Waals surface area contributed by atoms with E-state index in [0.29, 0.717) is 38.0 Å². The molecule has 0 radical (unpaired) electrons. The molecule has 4 rings (SSSR count). The molecule has 2 aromatic rings. The second kappa shape index (κ2) is 8.64. The molecule has 2 aromatic carbocycles. The number of carbonyl (C=O) groups is 2. The highest BCUT2D eigenvalue weighted by Gasteiger charge is 2.34. The molecule has 0 unspecified atom stereocenters. The molecule has 1 heterocycles. The monoisotopic (exact) mass is 440 g/mol. The van der Waals surface area contributed by atoms with Gasteiger partial charge in [-0.2, -0.15) is 4.31 Å². The SMILES string of the molecule is O=C(O)[C@H]1CC=CC[C@@H]1C(=O)Nc1ccc(S(=O)(=O)N2CCc3ccccc3C2)cc1. The Balaban J connectivity index is 1.46. The molecule has 0 bridgehead atoms. The smallest absolute Gasteiger partial charge is 0.307 e. The summed E-state index contributed by atoms with van der Waals surface area (Å²) in [6.45, 7) is 0.756. The van der Waals surface area contributed by atoms with Crippen LogP contribution in [0.25, 0.3) is 0 Å². The van der Waals surface area contributed by atoms with Crippen molar-refractivity contribution >= 4 is 27.6 Å². The molecule has 31 heavy (non-hydrogen) atoms. The maximum absolute atomic E-state index is 13.1. The summed E-state index contributed by atoms with van der Waals surface area (Å²) in [6.07, 6.45) is 4.96. The molecular weight excluding hydrogens is 416 g/mol. The van der Waals surface area contributed by atoms with Crippen molar-refractivity contribution in [1.29, 1.82) is 0 Å². The average molecular weight is 441 g/mol. The molecule has 2 aliphatic rings. The van der Waals surface area contributed by atoms with Crippen molar-refractivity contribution in [1.82, 2.24) is 4.31 Å². The van der Waals surface area contributed by atoms with Crippen LogP contribution < -0.4 is 5.32 Å². The molecule has 0 fully saturated rings. The summed E-state index contributed by atoms with van der Waals surface area (Å²) >= 11 is 0. The van der Waals surface area contributed by atoms with Crippen LogP contribution in [-0.4, -0.2) is 36.3 Å². The number of anilines is 1. The van der Waals surface area contributed by atoms with Crippen molar-refractivity contribution < 1.29 is 23.1 Å². The Morgan fingerprint density at radius 3 is 2.26 bits per heavy atom. The molecule has 8 heteroatoms. The fourth-order valence-corrected chi connectivity index (χ4v) is 5.57. The highest BCUT2D eigenvalue weighted by molar-refractivity contribution is 7.89. The molecule has 0 aromatic heterocycles. The van der Waals surface area contributed by atoms with Gasteiger partial charge in [0.1, 0.15) is 0 Å². The number of amides is 1. The number of carboxylic acids is 1. The summed E-state index contributed by atoms with van der Waals surface area (Å²) in [6, 6.07) is 13.9. The van der Waals surface area contributed by atoms with Crippen molar-refractivity contribution in [2.24, 2.45) is 11.8 Å². The number of fused-ring (bicyclic) bond motifs is 1. The molecule has 2 N–H and O–H groups in total. The number of aliphatic carboxylic acids is 1. The van der Waals surface area contributed by atoms with Crippen LogP contribution in [0.15, 0.2) is 65.6 Å². The first-order valence-electron chi connectivity index (χ1n) is 10.2.